The van der Waals surface area contributed by atoms with Gasteiger partial charge in [0.15, 0.2) is 0 Å². The fraction of sp³-hybridized carbons (Fsp3) is 0.667. The van der Waals surface area contributed by atoms with Crippen molar-refractivity contribution in [1.82, 2.24) is 14.5 Å². The molecule has 1 aliphatic rings. The van der Waals surface area contributed by atoms with Gasteiger partial charge in [-0.2, -0.15) is 16.9 Å². The molecule has 7 nitrogen and oxygen atoms in total. The van der Waals surface area contributed by atoms with E-state index in [2.05, 4.69) is 9.82 Å². The van der Waals surface area contributed by atoms with Crippen molar-refractivity contribution in [2.24, 2.45) is 0 Å². The first-order valence-electron chi connectivity index (χ1n) is 6.67. The van der Waals surface area contributed by atoms with Crippen LogP contribution < -0.4 is 4.72 Å². The molecule has 1 aliphatic heterocycles. The normalized spacial score (nSPS) is 17.0. The molecule has 1 saturated heterocycles. The van der Waals surface area contributed by atoms with Gasteiger partial charge in [0.2, 0.25) is 10.0 Å². The van der Waals surface area contributed by atoms with Crippen LogP contribution in [-0.4, -0.2) is 46.8 Å². The molecule has 0 aliphatic carbocycles. The van der Waals surface area contributed by atoms with Gasteiger partial charge in [0.05, 0.1) is 11.4 Å². The molecule has 1 aromatic rings. The summed E-state index contributed by atoms with van der Waals surface area (Å²) in [5, 5.41) is 12.8. The van der Waals surface area contributed by atoms with Gasteiger partial charge in [-0.25, -0.2) is 13.1 Å². The van der Waals surface area contributed by atoms with Crippen molar-refractivity contribution < 1.29 is 18.3 Å². The molecule has 0 atom stereocenters. The first-order valence-corrected chi connectivity index (χ1v) is 9.31. The van der Waals surface area contributed by atoms with Gasteiger partial charge in [-0.15, -0.1) is 0 Å². The van der Waals surface area contributed by atoms with Crippen molar-refractivity contribution in [1.29, 1.82) is 0 Å². The van der Waals surface area contributed by atoms with E-state index < -0.39 is 16.0 Å². The van der Waals surface area contributed by atoms with Gasteiger partial charge in [-0.1, -0.05) is 0 Å². The Kier molecular flexibility index (Phi) is 4.95. The van der Waals surface area contributed by atoms with Crippen LogP contribution >= 0.6 is 11.8 Å². The number of sulfonamides is 1. The average molecular weight is 333 g/mol. The van der Waals surface area contributed by atoms with Crippen LogP contribution in [0.15, 0.2) is 4.90 Å². The van der Waals surface area contributed by atoms with Crippen LogP contribution in [-0.2, 0) is 21.4 Å². The van der Waals surface area contributed by atoms with E-state index in [9.17, 15) is 13.2 Å². The number of carbonyl (C=O) groups is 1. The number of hydrogen-bond donors (Lipinski definition) is 2. The van der Waals surface area contributed by atoms with E-state index >= 15 is 0 Å². The smallest absolute Gasteiger partial charge is 0.325 e. The molecule has 9 heteroatoms. The lowest BCUT2D eigenvalue weighted by Gasteiger charge is -2.22. The minimum Gasteiger partial charge on any atom is -0.480 e. The molecule has 0 radical (unpaired) electrons. The fourth-order valence-electron chi connectivity index (χ4n) is 2.45. The molecule has 0 bridgehead atoms. The molecular weight excluding hydrogens is 314 g/mol. The minimum atomic E-state index is -3.67. The summed E-state index contributed by atoms with van der Waals surface area (Å²) >= 11 is 1.82. The molecule has 21 heavy (non-hydrogen) atoms. The molecule has 0 spiro atoms. The Balaban J connectivity index is 2.26. The molecule has 0 aromatic carbocycles. The Morgan fingerprint density at radius 3 is 2.62 bits per heavy atom. The lowest BCUT2D eigenvalue weighted by molar-refractivity contribution is -0.137. The number of aliphatic carboxylic acids is 1. The highest BCUT2D eigenvalue weighted by Crippen LogP contribution is 2.23. The summed E-state index contributed by atoms with van der Waals surface area (Å²) in [4.78, 5) is 10.9. The zero-order valence-corrected chi connectivity index (χ0v) is 13.6. The predicted octanol–water partition coefficient (Wildman–Crippen LogP) is 0.758. The van der Waals surface area contributed by atoms with Crippen molar-refractivity contribution >= 4 is 27.8 Å². The number of aryl methyl sites for hydroxylation is 1. The number of aromatic nitrogens is 2. The first-order chi connectivity index (χ1) is 9.81. The first kappa shape index (κ1) is 16.3. The maximum Gasteiger partial charge on any atom is 0.325 e. The summed E-state index contributed by atoms with van der Waals surface area (Å²) in [5.41, 5.74) is 0.680. The van der Waals surface area contributed by atoms with E-state index in [4.69, 9.17) is 5.11 Å². The second-order valence-corrected chi connectivity index (χ2v) is 7.93. The van der Waals surface area contributed by atoms with Crippen LogP contribution in [0.4, 0.5) is 0 Å². The highest BCUT2D eigenvalue weighted by atomic mass is 32.2. The molecular formula is C12H19N3O4S2. The maximum absolute atomic E-state index is 12.5. The van der Waals surface area contributed by atoms with Crippen molar-refractivity contribution in [3.05, 3.63) is 11.4 Å². The summed E-state index contributed by atoms with van der Waals surface area (Å²) in [6, 6.07) is -0.0575. The molecule has 1 fully saturated rings. The molecule has 0 saturated carbocycles. The van der Waals surface area contributed by atoms with Crippen LogP contribution in [0.1, 0.15) is 24.2 Å². The van der Waals surface area contributed by atoms with Crippen molar-refractivity contribution in [3.63, 3.8) is 0 Å². The van der Waals surface area contributed by atoms with Gasteiger partial charge in [0.1, 0.15) is 11.4 Å². The number of thioether (sulfide) groups is 1. The maximum atomic E-state index is 12.5. The van der Waals surface area contributed by atoms with Crippen molar-refractivity contribution in [3.8, 4) is 0 Å². The number of nitrogens with zero attached hydrogens (tertiary/aromatic N) is 2. The second kappa shape index (κ2) is 6.37. The van der Waals surface area contributed by atoms with Gasteiger partial charge in [0.25, 0.3) is 0 Å². The van der Waals surface area contributed by atoms with Gasteiger partial charge in [-0.3, -0.25) is 9.48 Å². The second-order valence-electron chi connectivity index (χ2n) is 5.06. The Morgan fingerprint density at radius 2 is 2.05 bits per heavy atom. The summed E-state index contributed by atoms with van der Waals surface area (Å²) in [5.74, 6) is 0.842. The van der Waals surface area contributed by atoms with Crippen LogP contribution in [0.25, 0.3) is 0 Å². The van der Waals surface area contributed by atoms with E-state index in [1.54, 1.807) is 13.8 Å². The Bertz CT molecular complexity index is 633. The molecule has 2 heterocycles. The van der Waals surface area contributed by atoms with E-state index in [0.29, 0.717) is 11.4 Å². The fourth-order valence-corrected chi connectivity index (χ4v) is 5.27. The lowest BCUT2D eigenvalue weighted by Crippen LogP contribution is -2.37. The Morgan fingerprint density at radius 1 is 1.43 bits per heavy atom. The third kappa shape index (κ3) is 3.78. The van der Waals surface area contributed by atoms with Crippen molar-refractivity contribution in [2.45, 2.75) is 44.2 Å². The molecule has 2 rings (SSSR count). The van der Waals surface area contributed by atoms with Gasteiger partial charge >= 0.3 is 5.97 Å². The lowest BCUT2D eigenvalue weighted by atomic mass is 10.2. The standard InChI is InChI=1S/C12H19N3O4S2/c1-8-12(9(2)15(13-8)7-11(16)17)21(18,19)14-10-3-5-20-6-4-10/h10,14H,3-7H2,1-2H3,(H,16,17). The van der Waals surface area contributed by atoms with E-state index in [1.165, 1.54) is 4.68 Å². The summed E-state index contributed by atoms with van der Waals surface area (Å²) in [7, 11) is -3.67. The van der Waals surface area contributed by atoms with Gasteiger partial charge in [0, 0.05) is 6.04 Å². The van der Waals surface area contributed by atoms with Crippen molar-refractivity contribution in [2.75, 3.05) is 11.5 Å². The van der Waals surface area contributed by atoms with Gasteiger partial charge < -0.3 is 5.11 Å². The third-order valence-corrected chi connectivity index (χ3v) is 6.23. The highest BCUT2D eigenvalue weighted by molar-refractivity contribution is 7.99. The Labute approximate surface area is 128 Å². The van der Waals surface area contributed by atoms with Crippen LogP contribution in [0.3, 0.4) is 0 Å². The van der Waals surface area contributed by atoms with E-state index in [0.717, 1.165) is 24.3 Å². The zero-order chi connectivity index (χ0) is 15.6. The summed E-state index contributed by atoms with van der Waals surface area (Å²) in [6.07, 6.45) is 1.62. The quantitative estimate of drug-likeness (QED) is 0.825. The third-order valence-electron chi connectivity index (χ3n) is 3.41. The number of nitrogens with one attached hydrogen (secondary N) is 1. The Hall–Kier alpha value is -1.06. The van der Waals surface area contributed by atoms with Crippen LogP contribution in [0.2, 0.25) is 0 Å². The molecule has 0 unspecified atom stereocenters. The summed E-state index contributed by atoms with van der Waals surface area (Å²) < 4.78 is 29.0. The molecule has 2 N–H and O–H groups in total. The van der Waals surface area contributed by atoms with Crippen LogP contribution in [0.5, 0.6) is 0 Å². The van der Waals surface area contributed by atoms with E-state index in [-0.39, 0.29) is 17.5 Å². The molecule has 1 aromatic heterocycles. The molecule has 118 valence electrons. The SMILES string of the molecule is Cc1nn(CC(=O)O)c(C)c1S(=O)(=O)NC1CCSCC1. The number of rotatable bonds is 5. The largest absolute Gasteiger partial charge is 0.480 e. The number of hydrogen-bond acceptors (Lipinski definition) is 5. The number of carboxylic acids is 1. The monoisotopic (exact) mass is 333 g/mol. The minimum absolute atomic E-state index is 0.0575. The highest BCUT2D eigenvalue weighted by Gasteiger charge is 2.28. The number of carboxylic acid groups (broad SMARTS) is 1. The zero-order valence-electron chi connectivity index (χ0n) is 12.0. The van der Waals surface area contributed by atoms with Crippen LogP contribution in [0, 0.1) is 13.8 Å². The summed E-state index contributed by atoms with van der Waals surface area (Å²) in [6.45, 7) is 2.81. The predicted molar refractivity (Wildman–Crippen MR) is 80.0 cm³/mol. The van der Waals surface area contributed by atoms with Gasteiger partial charge in [-0.05, 0) is 38.2 Å². The topological polar surface area (TPSA) is 101 Å². The van der Waals surface area contributed by atoms with E-state index in [1.807, 2.05) is 11.8 Å². The molecule has 0 amide bonds. The average Bonchev–Trinajstić information content (AvgIpc) is 2.64.